The summed E-state index contributed by atoms with van der Waals surface area (Å²) in [5, 5.41) is 14.1. The average Bonchev–Trinajstić information content (AvgIpc) is 2.93. The highest BCUT2D eigenvalue weighted by Gasteiger charge is 2.20. The molecule has 0 saturated heterocycles. The van der Waals surface area contributed by atoms with Gasteiger partial charge in [-0.15, -0.1) is 0 Å². The Hall–Kier alpha value is -5.07. The highest BCUT2D eigenvalue weighted by atomic mass is 16.5. The van der Waals surface area contributed by atoms with Crippen LogP contribution in [0.15, 0.2) is 84.0 Å². The summed E-state index contributed by atoms with van der Waals surface area (Å²) in [6, 6.07) is 20.8. The Bertz CT molecular complexity index is 1730. The van der Waals surface area contributed by atoms with Crippen LogP contribution in [0.5, 0.6) is 0 Å². The number of fused-ring (bicyclic) bond motifs is 1. The van der Waals surface area contributed by atoms with Crippen LogP contribution in [-0.4, -0.2) is 26.6 Å². The summed E-state index contributed by atoms with van der Waals surface area (Å²) in [5.41, 5.74) is 9.79. The normalized spacial score (nSPS) is 11.7. The molecule has 0 amide bonds. The second-order valence-corrected chi connectivity index (χ2v) is 8.80. The van der Waals surface area contributed by atoms with Crippen LogP contribution in [0.1, 0.15) is 29.8 Å². The number of methoxy groups -OCH3 is 1. The fraction of sp³-hybridized carbons (Fsp3) is 0.138. The van der Waals surface area contributed by atoms with E-state index in [1.165, 1.54) is 6.20 Å². The third-order valence-corrected chi connectivity index (χ3v) is 6.23. The largest absolute Gasteiger partial charge is 0.380 e. The minimum absolute atomic E-state index is 0.0478. The molecule has 0 saturated carbocycles. The summed E-state index contributed by atoms with van der Waals surface area (Å²) >= 11 is 0. The van der Waals surface area contributed by atoms with Crippen molar-refractivity contribution in [2.75, 3.05) is 18.2 Å². The maximum atomic E-state index is 14.3. The van der Waals surface area contributed by atoms with E-state index in [1.807, 2.05) is 67.6 Å². The summed E-state index contributed by atoms with van der Waals surface area (Å²) in [5.74, 6) is 0.348. The fourth-order valence-corrected chi connectivity index (χ4v) is 4.53. The predicted molar refractivity (Wildman–Crippen MR) is 147 cm³/mol. The third-order valence-electron chi connectivity index (χ3n) is 6.23. The van der Waals surface area contributed by atoms with E-state index in [-0.39, 0.29) is 17.1 Å². The second kappa shape index (κ2) is 10.5. The number of anilines is 2. The molecule has 3 heterocycles. The smallest absolute Gasteiger partial charge is 0.263 e. The molecule has 0 bridgehead atoms. The van der Waals surface area contributed by atoms with E-state index >= 15 is 0 Å². The zero-order valence-corrected chi connectivity index (χ0v) is 20.9. The lowest BCUT2D eigenvalue weighted by Crippen LogP contribution is -2.26. The predicted octanol–water partition coefficient (Wildman–Crippen LogP) is 4.62. The topological polar surface area (TPSA) is 132 Å². The number of benzene rings is 2. The molecule has 3 N–H and O–H groups in total. The van der Waals surface area contributed by atoms with Crippen molar-refractivity contribution in [2.45, 2.75) is 19.6 Å². The van der Waals surface area contributed by atoms with Crippen molar-refractivity contribution in [1.82, 2.24) is 19.5 Å². The molecule has 0 fully saturated rings. The van der Waals surface area contributed by atoms with Crippen LogP contribution in [0.4, 0.5) is 11.8 Å². The highest BCUT2D eigenvalue weighted by Crippen LogP contribution is 2.30. The minimum Gasteiger partial charge on any atom is -0.380 e. The standard InChI is InChI=1S/C29H25N7O2/c1-18(34-27-22(13-30)16-33-29(31)35-27)25-12-20-7-6-10-24(21-11-19(17-38-2)14-32-15-21)26(20)28(37)36(25)23-8-4-3-5-9-23/h3-12,14-16,18H,17H2,1-2H3,(H3,31,33,34,35)/t18-/m0/s1. The van der Waals surface area contributed by atoms with E-state index in [4.69, 9.17) is 10.5 Å². The van der Waals surface area contributed by atoms with Gasteiger partial charge in [0.05, 0.1) is 24.2 Å². The Morgan fingerprint density at radius 3 is 2.68 bits per heavy atom. The Morgan fingerprint density at radius 2 is 1.92 bits per heavy atom. The van der Waals surface area contributed by atoms with Crippen molar-refractivity contribution < 1.29 is 4.74 Å². The molecule has 3 aromatic heterocycles. The molecule has 2 aromatic carbocycles. The maximum Gasteiger partial charge on any atom is 0.263 e. The first-order valence-electron chi connectivity index (χ1n) is 12.0. The number of nitrogens with one attached hydrogen (secondary N) is 1. The van der Waals surface area contributed by atoms with Crippen LogP contribution in [0.25, 0.3) is 27.6 Å². The van der Waals surface area contributed by atoms with Gasteiger partial charge >= 0.3 is 0 Å². The van der Waals surface area contributed by atoms with E-state index < -0.39 is 6.04 Å². The van der Waals surface area contributed by atoms with Gasteiger partial charge in [0.2, 0.25) is 5.95 Å². The summed E-state index contributed by atoms with van der Waals surface area (Å²) in [4.78, 5) is 26.8. The molecular formula is C29H25N7O2. The summed E-state index contributed by atoms with van der Waals surface area (Å²) in [6.45, 7) is 2.33. The van der Waals surface area contributed by atoms with Gasteiger partial charge in [-0.2, -0.15) is 10.2 Å². The summed E-state index contributed by atoms with van der Waals surface area (Å²) < 4.78 is 6.96. The molecule has 38 heavy (non-hydrogen) atoms. The third kappa shape index (κ3) is 4.68. The Kier molecular flexibility index (Phi) is 6.80. The van der Waals surface area contributed by atoms with Gasteiger partial charge in [-0.25, -0.2) is 4.98 Å². The molecule has 5 aromatic rings. The van der Waals surface area contributed by atoms with Crippen LogP contribution in [0.3, 0.4) is 0 Å². The molecular weight excluding hydrogens is 478 g/mol. The molecule has 9 nitrogen and oxygen atoms in total. The number of ether oxygens (including phenoxy) is 1. The molecule has 1 atom stereocenters. The molecule has 0 radical (unpaired) electrons. The molecule has 188 valence electrons. The number of hydrogen-bond donors (Lipinski definition) is 2. The van der Waals surface area contributed by atoms with Crippen molar-refractivity contribution >= 4 is 22.5 Å². The molecule has 0 aliphatic carbocycles. The highest BCUT2D eigenvalue weighted by molar-refractivity contribution is 5.96. The first-order chi connectivity index (χ1) is 18.5. The van der Waals surface area contributed by atoms with Crippen LogP contribution in [0.2, 0.25) is 0 Å². The van der Waals surface area contributed by atoms with E-state index in [2.05, 4.69) is 26.3 Å². The Balaban J connectivity index is 1.73. The number of aromatic nitrogens is 4. The Labute approximate surface area is 219 Å². The van der Waals surface area contributed by atoms with Crippen molar-refractivity contribution in [2.24, 2.45) is 0 Å². The van der Waals surface area contributed by atoms with Gasteiger partial charge in [0.15, 0.2) is 0 Å². The first kappa shape index (κ1) is 24.6. The monoisotopic (exact) mass is 503 g/mol. The molecule has 0 aliphatic rings. The summed E-state index contributed by atoms with van der Waals surface area (Å²) in [7, 11) is 1.63. The SMILES string of the molecule is COCc1cncc(-c2cccc3cc([C@H](C)Nc4nc(N)ncc4C#N)n(-c4ccccc4)c(=O)c23)c1. The number of pyridine rings is 2. The maximum absolute atomic E-state index is 14.3. The van der Waals surface area contributed by atoms with Crippen LogP contribution in [0, 0.1) is 11.3 Å². The van der Waals surface area contributed by atoms with E-state index in [0.717, 1.165) is 22.1 Å². The fourth-order valence-electron chi connectivity index (χ4n) is 4.53. The number of nitrogens with two attached hydrogens (primary N) is 1. The van der Waals surface area contributed by atoms with E-state index in [1.54, 1.807) is 24.1 Å². The van der Waals surface area contributed by atoms with Gasteiger partial charge in [-0.05, 0) is 47.7 Å². The van der Waals surface area contributed by atoms with Gasteiger partial charge in [0.25, 0.3) is 5.56 Å². The zero-order valence-electron chi connectivity index (χ0n) is 20.9. The van der Waals surface area contributed by atoms with Crippen LogP contribution >= 0.6 is 0 Å². The lowest BCUT2D eigenvalue weighted by Gasteiger charge is -2.22. The van der Waals surface area contributed by atoms with Crippen LogP contribution < -0.4 is 16.6 Å². The van der Waals surface area contributed by atoms with Gasteiger partial charge in [-0.3, -0.25) is 14.3 Å². The van der Waals surface area contributed by atoms with Crippen molar-refractivity contribution in [3.05, 3.63) is 106 Å². The van der Waals surface area contributed by atoms with E-state index in [0.29, 0.717) is 29.2 Å². The number of hydrogen-bond acceptors (Lipinski definition) is 8. The molecule has 9 heteroatoms. The van der Waals surface area contributed by atoms with Crippen molar-refractivity contribution in [1.29, 1.82) is 5.26 Å². The number of nitrogens with zero attached hydrogens (tertiary/aromatic N) is 5. The van der Waals surface area contributed by atoms with Gasteiger partial charge in [-0.1, -0.05) is 36.4 Å². The van der Waals surface area contributed by atoms with Gasteiger partial charge < -0.3 is 15.8 Å². The summed E-state index contributed by atoms with van der Waals surface area (Å²) in [6.07, 6.45) is 4.88. The van der Waals surface area contributed by atoms with Crippen LogP contribution in [-0.2, 0) is 11.3 Å². The molecule has 0 unspecified atom stereocenters. The zero-order chi connectivity index (χ0) is 26.6. The molecule has 5 rings (SSSR count). The van der Waals surface area contributed by atoms with E-state index in [9.17, 15) is 10.1 Å². The minimum atomic E-state index is -0.413. The van der Waals surface area contributed by atoms with Crippen molar-refractivity contribution in [3.63, 3.8) is 0 Å². The lowest BCUT2D eigenvalue weighted by atomic mass is 9.98. The number of para-hydroxylation sites is 1. The first-order valence-corrected chi connectivity index (χ1v) is 12.0. The molecule has 0 aliphatic heterocycles. The quantitative estimate of drug-likeness (QED) is 0.329. The number of rotatable bonds is 7. The Morgan fingerprint density at radius 1 is 1.11 bits per heavy atom. The lowest BCUT2D eigenvalue weighted by molar-refractivity contribution is 0.184. The average molecular weight is 504 g/mol. The van der Waals surface area contributed by atoms with Crippen molar-refractivity contribution in [3.8, 4) is 22.9 Å². The second-order valence-electron chi connectivity index (χ2n) is 8.80. The number of nitriles is 1. The number of nitrogen functional groups attached to an aromatic ring is 1. The van der Waals surface area contributed by atoms with Gasteiger partial charge in [0, 0.05) is 36.4 Å². The molecule has 0 spiro atoms. The van der Waals surface area contributed by atoms with Gasteiger partial charge in [0.1, 0.15) is 17.5 Å².